The molecule has 2 nitrogen and oxygen atoms in total. The number of hydrogen-bond donors (Lipinski definition) is 1. The Morgan fingerprint density at radius 1 is 1.25 bits per heavy atom. The van der Waals surface area contributed by atoms with E-state index in [-0.39, 0.29) is 0 Å². The molecule has 0 saturated heterocycles. The van der Waals surface area contributed by atoms with Crippen LogP contribution in [0.1, 0.15) is 33.6 Å². The van der Waals surface area contributed by atoms with Gasteiger partial charge in [-0.25, -0.2) is 0 Å². The second kappa shape index (κ2) is 9.01. The van der Waals surface area contributed by atoms with E-state index in [1.807, 2.05) is 0 Å². The van der Waals surface area contributed by atoms with Gasteiger partial charge in [0.1, 0.15) is 0 Å². The quantitative estimate of drug-likeness (QED) is 0.567. The molecule has 0 heterocycles. The molecule has 0 aromatic rings. The Bertz CT molecular complexity index is 83.9. The SMILES string of the molecule is CCNCCOCCCC(C)C. The van der Waals surface area contributed by atoms with Crippen molar-refractivity contribution in [2.75, 3.05) is 26.3 Å². The summed E-state index contributed by atoms with van der Waals surface area (Å²) < 4.78 is 5.42. The van der Waals surface area contributed by atoms with Crippen molar-refractivity contribution in [3.63, 3.8) is 0 Å². The predicted octanol–water partition coefficient (Wildman–Crippen LogP) is 2.05. The van der Waals surface area contributed by atoms with Crippen LogP contribution in [0.2, 0.25) is 0 Å². The van der Waals surface area contributed by atoms with Crippen LogP contribution in [-0.2, 0) is 4.74 Å². The summed E-state index contributed by atoms with van der Waals surface area (Å²) in [6.07, 6.45) is 2.48. The van der Waals surface area contributed by atoms with Crippen molar-refractivity contribution in [1.29, 1.82) is 0 Å². The summed E-state index contributed by atoms with van der Waals surface area (Å²) in [4.78, 5) is 0. The van der Waals surface area contributed by atoms with Crippen molar-refractivity contribution < 1.29 is 4.74 Å². The second-order valence-corrected chi connectivity index (χ2v) is 3.50. The highest BCUT2D eigenvalue weighted by molar-refractivity contribution is 4.45. The average Bonchev–Trinajstić information content (AvgIpc) is 2.02. The number of nitrogens with one attached hydrogen (secondary N) is 1. The molecule has 2 heteroatoms. The van der Waals surface area contributed by atoms with Gasteiger partial charge in [-0.3, -0.25) is 0 Å². The molecule has 12 heavy (non-hydrogen) atoms. The topological polar surface area (TPSA) is 21.3 Å². The lowest BCUT2D eigenvalue weighted by Crippen LogP contribution is -2.19. The summed E-state index contributed by atoms with van der Waals surface area (Å²) in [5.74, 6) is 0.808. The van der Waals surface area contributed by atoms with Gasteiger partial charge >= 0.3 is 0 Å². The highest BCUT2D eigenvalue weighted by atomic mass is 16.5. The van der Waals surface area contributed by atoms with Crippen molar-refractivity contribution in [2.24, 2.45) is 5.92 Å². The Labute approximate surface area is 76.7 Å². The number of ether oxygens (including phenoxy) is 1. The third-order valence-corrected chi connectivity index (χ3v) is 1.74. The van der Waals surface area contributed by atoms with Gasteiger partial charge in [0.15, 0.2) is 0 Å². The molecule has 0 aliphatic carbocycles. The van der Waals surface area contributed by atoms with Crippen LogP contribution in [0.15, 0.2) is 0 Å². The molecular formula is C10H23NO. The van der Waals surface area contributed by atoms with Crippen molar-refractivity contribution in [3.8, 4) is 0 Å². The number of hydrogen-bond acceptors (Lipinski definition) is 2. The van der Waals surface area contributed by atoms with Crippen molar-refractivity contribution in [3.05, 3.63) is 0 Å². The number of rotatable bonds is 8. The molecule has 0 unspecified atom stereocenters. The zero-order valence-corrected chi connectivity index (χ0v) is 8.73. The fourth-order valence-corrected chi connectivity index (χ4v) is 1.02. The molecule has 1 N–H and O–H groups in total. The molecule has 0 saturated carbocycles. The van der Waals surface area contributed by atoms with Crippen LogP contribution in [0.3, 0.4) is 0 Å². The van der Waals surface area contributed by atoms with E-state index >= 15 is 0 Å². The first-order valence-corrected chi connectivity index (χ1v) is 5.05. The first-order valence-electron chi connectivity index (χ1n) is 5.05. The highest BCUT2D eigenvalue weighted by Crippen LogP contribution is 2.02. The Morgan fingerprint density at radius 2 is 2.00 bits per heavy atom. The highest BCUT2D eigenvalue weighted by Gasteiger charge is 1.93. The van der Waals surface area contributed by atoms with Gasteiger partial charge in [-0.05, 0) is 25.3 Å². The zero-order valence-electron chi connectivity index (χ0n) is 8.73. The molecule has 0 amide bonds. The van der Waals surface area contributed by atoms with Gasteiger partial charge in [0.25, 0.3) is 0 Å². The maximum Gasteiger partial charge on any atom is 0.0590 e. The van der Waals surface area contributed by atoms with Crippen molar-refractivity contribution >= 4 is 0 Å². The van der Waals surface area contributed by atoms with Crippen LogP contribution < -0.4 is 5.32 Å². The van der Waals surface area contributed by atoms with E-state index in [0.717, 1.165) is 32.2 Å². The zero-order chi connectivity index (χ0) is 9.23. The van der Waals surface area contributed by atoms with Gasteiger partial charge in [0, 0.05) is 13.2 Å². The van der Waals surface area contributed by atoms with E-state index in [1.165, 1.54) is 12.8 Å². The lowest BCUT2D eigenvalue weighted by atomic mass is 10.1. The van der Waals surface area contributed by atoms with E-state index in [9.17, 15) is 0 Å². The Balaban J connectivity index is 2.82. The van der Waals surface area contributed by atoms with Gasteiger partial charge in [0.2, 0.25) is 0 Å². The molecule has 0 radical (unpaired) electrons. The van der Waals surface area contributed by atoms with E-state index in [1.54, 1.807) is 0 Å². The molecule has 0 bridgehead atoms. The fraction of sp³-hybridized carbons (Fsp3) is 1.00. The average molecular weight is 173 g/mol. The largest absolute Gasteiger partial charge is 0.380 e. The first-order chi connectivity index (χ1) is 5.77. The van der Waals surface area contributed by atoms with E-state index < -0.39 is 0 Å². The maximum atomic E-state index is 5.42. The molecule has 0 aliphatic heterocycles. The summed E-state index contributed by atoms with van der Waals surface area (Å²) in [5, 5.41) is 3.22. The standard InChI is InChI=1S/C10H23NO/c1-4-11-7-9-12-8-5-6-10(2)3/h10-11H,4-9H2,1-3H3. The lowest BCUT2D eigenvalue weighted by Gasteiger charge is -2.05. The minimum atomic E-state index is 0.808. The van der Waals surface area contributed by atoms with Crippen LogP contribution in [0.25, 0.3) is 0 Å². The van der Waals surface area contributed by atoms with E-state index in [0.29, 0.717) is 0 Å². The molecule has 0 atom stereocenters. The third-order valence-electron chi connectivity index (χ3n) is 1.74. The molecule has 0 aromatic heterocycles. The van der Waals surface area contributed by atoms with Gasteiger partial charge in [0.05, 0.1) is 6.61 Å². The Kier molecular flexibility index (Phi) is 8.95. The summed E-state index contributed by atoms with van der Waals surface area (Å²) in [7, 11) is 0. The minimum Gasteiger partial charge on any atom is -0.380 e. The van der Waals surface area contributed by atoms with Gasteiger partial charge in [-0.15, -0.1) is 0 Å². The Morgan fingerprint density at radius 3 is 2.58 bits per heavy atom. The van der Waals surface area contributed by atoms with Crippen LogP contribution in [0, 0.1) is 5.92 Å². The summed E-state index contributed by atoms with van der Waals surface area (Å²) >= 11 is 0. The molecular weight excluding hydrogens is 150 g/mol. The van der Waals surface area contributed by atoms with Gasteiger partial charge in [-0.2, -0.15) is 0 Å². The Hall–Kier alpha value is -0.0800. The normalized spacial score (nSPS) is 11.0. The fourth-order valence-electron chi connectivity index (χ4n) is 1.02. The molecule has 0 aliphatic rings. The second-order valence-electron chi connectivity index (χ2n) is 3.50. The summed E-state index contributed by atoms with van der Waals surface area (Å²) in [6, 6.07) is 0. The third kappa shape index (κ3) is 9.92. The number of likely N-dealkylation sites (N-methyl/N-ethyl adjacent to an activating group) is 1. The lowest BCUT2D eigenvalue weighted by molar-refractivity contribution is 0.130. The van der Waals surface area contributed by atoms with E-state index in [4.69, 9.17) is 4.74 Å². The molecule has 74 valence electrons. The minimum absolute atomic E-state index is 0.808. The molecule has 0 rings (SSSR count). The van der Waals surface area contributed by atoms with Crippen LogP contribution in [-0.4, -0.2) is 26.3 Å². The summed E-state index contributed by atoms with van der Waals surface area (Å²) in [5.41, 5.74) is 0. The smallest absolute Gasteiger partial charge is 0.0590 e. The van der Waals surface area contributed by atoms with Gasteiger partial charge in [-0.1, -0.05) is 20.8 Å². The van der Waals surface area contributed by atoms with E-state index in [2.05, 4.69) is 26.1 Å². The van der Waals surface area contributed by atoms with Crippen molar-refractivity contribution in [2.45, 2.75) is 33.6 Å². The first kappa shape index (κ1) is 11.9. The predicted molar refractivity (Wildman–Crippen MR) is 53.4 cm³/mol. The molecule has 0 spiro atoms. The van der Waals surface area contributed by atoms with Crippen molar-refractivity contribution in [1.82, 2.24) is 5.32 Å². The monoisotopic (exact) mass is 173 g/mol. The van der Waals surface area contributed by atoms with Crippen LogP contribution in [0.4, 0.5) is 0 Å². The molecule has 0 fully saturated rings. The maximum absolute atomic E-state index is 5.42. The van der Waals surface area contributed by atoms with Crippen LogP contribution >= 0.6 is 0 Å². The molecule has 0 aromatic carbocycles. The summed E-state index contributed by atoms with van der Waals surface area (Å²) in [6.45, 7) is 10.4. The van der Waals surface area contributed by atoms with Gasteiger partial charge < -0.3 is 10.1 Å². The van der Waals surface area contributed by atoms with Crippen LogP contribution in [0.5, 0.6) is 0 Å².